The third-order valence-electron chi connectivity index (χ3n) is 4.59. The number of aromatic amines is 1. The van der Waals surface area contributed by atoms with E-state index in [1.807, 2.05) is 44.3 Å². The van der Waals surface area contributed by atoms with Gasteiger partial charge in [0.25, 0.3) is 5.91 Å². The standard InChI is InChI=1S/C20H21N5O2S2/c1-12-14(10-22-23-12)6-5-9-21-19(26)18-16(11-28-20-25-24-13(2)29-20)15-7-3-4-8-17(15)27-18/h3-4,7-8,10H,5-6,9,11H2,1-2H3,(H,21,26)(H,22,23). The maximum Gasteiger partial charge on any atom is 0.287 e. The van der Waals surface area contributed by atoms with E-state index in [9.17, 15) is 4.79 Å². The van der Waals surface area contributed by atoms with Crippen LogP contribution >= 0.6 is 23.1 Å². The Hall–Kier alpha value is -2.65. The first-order chi connectivity index (χ1) is 14.1. The number of nitrogens with zero attached hydrogens (tertiary/aromatic N) is 3. The van der Waals surface area contributed by atoms with Gasteiger partial charge in [0.1, 0.15) is 10.6 Å². The van der Waals surface area contributed by atoms with Gasteiger partial charge in [0.05, 0.1) is 6.20 Å². The van der Waals surface area contributed by atoms with Gasteiger partial charge in [0.2, 0.25) is 0 Å². The summed E-state index contributed by atoms with van der Waals surface area (Å²) >= 11 is 3.12. The van der Waals surface area contributed by atoms with Crippen LogP contribution in [0.25, 0.3) is 11.0 Å². The average Bonchev–Trinajstić information content (AvgIpc) is 3.42. The number of carbonyl (C=O) groups excluding carboxylic acids is 1. The summed E-state index contributed by atoms with van der Waals surface area (Å²) in [7, 11) is 0. The molecule has 0 radical (unpaired) electrons. The molecule has 9 heteroatoms. The van der Waals surface area contributed by atoms with Gasteiger partial charge in [-0.15, -0.1) is 10.2 Å². The quantitative estimate of drug-likeness (QED) is 0.322. The zero-order valence-electron chi connectivity index (χ0n) is 16.2. The van der Waals surface area contributed by atoms with E-state index in [1.54, 1.807) is 23.1 Å². The van der Waals surface area contributed by atoms with Crippen LogP contribution in [-0.4, -0.2) is 32.8 Å². The summed E-state index contributed by atoms with van der Waals surface area (Å²) in [4.78, 5) is 12.8. The number of furan rings is 1. The van der Waals surface area contributed by atoms with Gasteiger partial charge in [0, 0.05) is 28.9 Å². The van der Waals surface area contributed by atoms with E-state index in [0.29, 0.717) is 18.1 Å². The fraction of sp³-hybridized carbons (Fsp3) is 0.300. The van der Waals surface area contributed by atoms with Crippen molar-refractivity contribution in [3.05, 3.63) is 58.1 Å². The van der Waals surface area contributed by atoms with E-state index in [4.69, 9.17) is 4.42 Å². The van der Waals surface area contributed by atoms with E-state index in [0.717, 1.165) is 44.4 Å². The third kappa shape index (κ3) is 4.51. The number of hydrogen-bond acceptors (Lipinski definition) is 7. The summed E-state index contributed by atoms with van der Waals surface area (Å²) in [6, 6.07) is 7.73. The van der Waals surface area contributed by atoms with Crippen LogP contribution < -0.4 is 5.32 Å². The Labute approximate surface area is 176 Å². The fourth-order valence-corrected chi connectivity index (χ4v) is 4.93. The predicted octanol–water partition coefficient (Wildman–Crippen LogP) is 4.28. The number of amides is 1. The van der Waals surface area contributed by atoms with Gasteiger partial charge in [-0.3, -0.25) is 9.89 Å². The van der Waals surface area contributed by atoms with Crippen molar-refractivity contribution < 1.29 is 9.21 Å². The SMILES string of the molecule is Cc1nnc(SCc2c(C(=O)NCCCc3cn[nH]c3C)oc3ccccc23)s1. The maximum absolute atomic E-state index is 12.8. The second-order valence-corrected chi connectivity index (χ2v) is 9.07. The molecule has 4 aromatic rings. The van der Waals surface area contributed by atoms with Crippen LogP contribution in [0.2, 0.25) is 0 Å². The molecule has 3 heterocycles. The summed E-state index contributed by atoms with van der Waals surface area (Å²) in [6.07, 6.45) is 3.53. The van der Waals surface area contributed by atoms with E-state index >= 15 is 0 Å². The number of thioether (sulfide) groups is 1. The number of H-pyrrole nitrogens is 1. The molecule has 150 valence electrons. The minimum absolute atomic E-state index is 0.186. The van der Waals surface area contributed by atoms with Crippen molar-refractivity contribution >= 4 is 40.0 Å². The predicted molar refractivity (Wildman–Crippen MR) is 114 cm³/mol. The first-order valence-electron chi connectivity index (χ1n) is 9.32. The number of hydrogen-bond donors (Lipinski definition) is 2. The van der Waals surface area contributed by atoms with E-state index < -0.39 is 0 Å². The molecule has 0 unspecified atom stereocenters. The Morgan fingerprint density at radius 2 is 2.14 bits per heavy atom. The average molecular weight is 428 g/mol. The number of carbonyl (C=O) groups is 1. The van der Waals surface area contributed by atoms with Crippen molar-refractivity contribution in [2.24, 2.45) is 0 Å². The zero-order valence-corrected chi connectivity index (χ0v) is 17.8. The van der Waals surface area contributed by atoms with Crippen molar-refractivity contribution in [2.45, 2.75) is 36.8 Å². The molecule has 0 fully saturated rings. The van der Waals surface area contributed by atoms with Gasteiger partial charge < -0.3 is 9.73 Å². The van der Waals surface area contributed by atoms with Crippen LogP contribution in [0.3, 0.4) is 0 Å². The summed E-state index contributed by atoms with van der Waals surface area (Å²) in [5.41, 5.74) is 3.85. The Morgan fingerprint density at radius 1 is 1.28 bits per heavy atom. The smallest absolute Gasteiger partial charge is 0.287 e. The summed E-state index contributed by atoms with van der Waals surface area (Å²) < 4.78 is 6.79. The van der Waals surface area contributed by atoms with E-state index in [-0.39, 0.29) is 5.91 Å². The summed E-state index contributed by atoms with van der Waals surface area (Å²) in [5, 5.41) is 20.0. The molecule has 0 spiro atoms. The van der Waals surface area contributed by atoms with Crippen molar-refractivity contribution in [3.8, 4) is 0 Å². The number of para-hydroxylation sites is 1. The van der Waals surface area contributed by atoms with Crippen LogP contribution in [0.5, 0.6) is 0 Å². The lowest BCUT2D eigenvalue weighted by Gasteiger charge is -2.05. The first kappa shape index (κ1) is 19.7. The molecule has 4 rings (SSSR count). The molecule has 0 saturated carbocycles. The second kappa shape index (κ2) is 8.79. The number of benzene rings is 1. The summed E-state index contributed by atoms with van der Waals surface area (Å²) in [5.74, 6) is 0.788. The molecule has 0 bridgehead atoms. The maximum atomic E-state index is 12.8. The molecule has 29 heavy (non-hydrogen) atoms. The molecule has 0 saturated heterocycles. The Morgan fingerprint density at radius 3 is 2.90 bits per heavy atom. The monoisotopic (exact) mass is 427 g/mol. The van der Waals surface area contributed by atoms with Crippen LogP contribution in [0.15, 0.2) is 39.2 Å². The molecular weight excluding hydrogens is 406 g/mol. The van der Waals surface area contributed by atoms with Gasteiger partial charge in [-0.05, 0) is 38.3 Å². The molecule has 0 aliphatic carbocycles. The Balaban J connectivity index is 1.45. The Kier molecular flexibility index (Phi) is 5.96. The molecular formula is C20H21N5O2S2. The third-order valence-corrected chi connectivity index (χ3v) is 6.59. The normalized spacial score (nSPS) is 11.2. The molecule has 7 nitrogen and oxygen atoms in total. The first-order valence-corrected chi connectivity index (χ1v) is 11.1. The second-order valence-electron chi connectivity index (χ2n) is 6.66. The number of rotatable bonds is 8. The highest BCUT2D eigenvalue weighted by Crippen LogP contribution is 2.33. The highest BCUT2D eigenvalue weighted by Gasteiger charge is 2.21. The minimum Gasteiger partial charge on any atom is -0.451 e. The van der Waals surface area contributed by atoms with Crippen molar-refractivity contribution in [1.82, 2.24) is 25.7 Å². The highest BCUT2D eigenvalue weighted by molar-refractivity contribution is 8.00. The highest BCUT2D eigenvalue weighted by atomic mass is 32.2. The van der Waals surface area contributed by atoms with E-state index in [2.05, 4.69) is 25.7 Å². The number of nitrogens with one attached hydrogen (secondary N) is 2. The van der Waals surface area contributed by atoms with Crippen LogP contribution in [-0.2, 0) is 12.2 Å². The molecule has 1 aromatic carbocycles. The molecule has 0 atom stereocenters. The van der Waals surface area contributed by atoms with Gasteiger partial charge in [-0.2, -0.15) is 5.10 Å². The van der Waals surface area contributed by atoms with Crippen molar-refractivity contribution in [2.75, 3.05) is 6.54 Å². The van der Waals surface area contributed by atoms with Crippen LogP contribution in [0.1, 0.15) is 38.8 Å². The van der Waals surface area contributed by atoms with Crippen LogP contribution in [0, 0.1) is 13.8 Å². The number of aromatic nitrogens is 4. The van der Waals surface area contributed by atoms with Crippen LogP contribution in [0.4, 0.5) is 0 Å². The zero-order chi connectivity index (χ0) is 20.2. The van der Waals surface area contributed by atoms with E-state index in [1.165, 1.54) is 5.56 Å². The lowest BCUT2D eigenvalue weighted by Crippen LogP contribution is -2.25. The number of aryl methyl sites for hydroxylation is 3. The largest absolute Gasteiger partial charge is 0.451 e. The lowest BCUT2D eigenvalue weighted by atomic mass is 10.1. The topological polar surface area (TPSA) is 96.7 Å². The molecule has 1 amide bonds. The summed E-state index contributed by atoms with van der Waals surface area (Å²) in [6.45, 7) is 4.50. The minimum atomic E-state index is -0.186. The van der Waals surface area contributed by atoms with Crippen molar-refractivity contribution in [3.63, 3.8) is 0 Å². The molecule has 0 aliphatic heterocycles. The number of fused-ring (bicyclic) bond motifs is 1. The fourth-order valence-electron chi connectivity index (χ4n) is 3.08. The van der Waals surface area contributed by atoms with Crippen molar-refractivity contribution in [1.29, 1.82) is 0 Å². The molecule has 3 aromatic heterocycles. The molecule has 0 aliphatic rings. The van der Waals surface area contributed by atoms with Gasteiger partial charge in [0.15, 0.2) is 10.1 Å². The van der Waals surface area contributed by atoms with Gasteiger partial charge >= 0.3 is 0 Å². The lowest BCUT2D eigenvalue weighted by molar-refractivity contribution is 0.0926. The van der Waals surface area contributed by atoms with Gasteiger partial charge in [-0.25, -0.2) is 0 Å². The Bertz CT molecular complexity index is 1130. The molecule has 2 N–H and O–H groups in total. The van der Waals surface area contributed by atoms with Gasteiger partial charge in [-0.1, -0.05) is 41.3 Å².